The van der Waals surface area contributed by atoms with E-state index in [9.17, 15) is 34.4 Å². The minimum atomic E-state index is -4.23. The number of rotatable bonds is 5. The van der Waals surface area contributed by atoms with E-state index >= 15 is 0 Å². The maximum absolute atomic E-state index is 13.2. The first-order valence-corrected chi connectivity index (χ1v) is 11.2. The molecule has 2 fully saturated rings. The van der Waals surface area contributed by atoms with Gasteiger partial charge in [-0.25, -0.2) is 25.6 Å². The first-order valence-electron chi connectivity index (χ1n) is 8.14. The monoisotopic (exact) mass is 407 g/mol. The van der Waals surface area contributed by atoms with Crippen LogP contribution in [0.3, 0.4) is 0 Å². The number of alkyl halides is 1. The van der Waals surface area contributed by atoms with E-state index in [2.05, 4.69) is 0 Å². The van der Waals surface area contributed by atoms with E-state index in [1.54, 1.807) is 4.13 Å². The minimum Gasteiger partial charge on any atom is -0.247 e. The summed E-state index contributed by atoms with van der Waals surface area (Å²) in [5.41, 5.74) is 0. The van der Waals surface area contributed by atoms with Gasteiger partial charge in [-0.1, -0.05) is 0 Å². The van der Waals surface area contributed by atoms with E-state index in [4.69, 9.17) is 0 Å². The molecule has 0 bridgehead atoms. The highest BCUT2D eigenvalue weighted by Gasteiger charge is 2.39. The van der Waals surface area contributed by atoms with Gasteiger partial charge in [0.1, 0.15) is 6.17 Å². The molecule has 2 aliphatic rings. The number of sulfonamides is 2. The van der Waals surface area contributed by atoms with Gasteiger partial charge in [-0.2, -0.15) is 8.78 Å². The van der Waals surface area contributed by atoms with Crippen LogP contribution in [0.2, 0.25) is 0 Å². The largest absolute Gasteiger partial charge is 0.301 e. The van der Waals surface area contributed by atoms with Crippen LogP contribution in [0.25, 0.3) is 0 Å². The van der Waals surface area contributed by atoms with Gasteiger partial charge < -0.3 is 0 Å². The summed E-state index contributed by atoms with van der Waals surface area (Å²) in [4.78, 5) is 0. The van der Waals surface area contributed by atoms with Gasteiger partial charge in [0.15, 0.2) is 5.83 Å². The smallest absolute Gasteiger partial charge is 0.247 e. The summed E-state index contributed by atoms with van der Waals surface area (Å²) >= 11 is 0. The number of allylic oxidation sites excluding steroid dienone is 1. The molecule has 0 aromatic rings. The van der Waals surface area contributed by atoms with Crippen LogP contribution >= 0.6 is 0 Å². The predicted octanol–water partition coefficient (Wildman–Crippen LogP) is 3.15. The maximum Gasteiger partial charge on any atom is 0.301 e. The van der Waals surface area contributed by atoms with Crippen molar-refractivity contribution in [2.24, 2.45) is 5.92 Å². The van der Waals surface area contributed by atoms with Gasteiger partial charge in [-0.15, -0.1) is 4.13 Å². The number of hydrogen-bond acceptors (Lipinski definition) is 4. The van der Waals surface area contributed by atoms with Crippen molar-refractivity contribution >= 4 is 20.0 Å². The number of hydrogen-bond donors (Lipinski definition) is 1. The molecule has 0 atom stereocenters. The molecular formula is C14H21F4NO4S2. The van der Waals surface area contributed by atoms with Gasteiger partial charge >= 0.3 is 6.08 Å². The van der Waals surface area contributed by atoms with E-state index in [0.29, 0.717) is 0 Å². The molecule has 0 radical (unpaired) electrons. The van der Waals surface area contributed by atoms with Crippen molar-refractivity contribution in [2.75, 3.05) is 0 Å². The zero-order valence-electron chi connectivity index (χ0n) is 13.4. The first kappa shape index (κ1) is 20.6. The molecule has 11 heteroatoms. The Bertz CT molecular complexity index is 703. The van der Waals surface area contributed by atoms with Crippen LogP contribution in [-0.2, 0) is 20.0 Å². The maximum atomic E-state index is 13.2. The van der Waals surface area contributed by atoms with E-state index in [1.165, 1.54) is 0 Å². The molecule has 0 aromatic carbocycles. The summed E-state index contributed by atoms with van der Waals surface area (Å²) in [5, 5.41) is -2.04. The Balaban J connectivity index is 1.99. The van der Waals surface area contributed by atoms with Crippen molar-refractivity contribution in [3.8, 4) is 0 Å². The van der Waals surface area contributed by atoms with Gasteiger partial charge in [0.2, 0.25) is 20.0 Å². The Labute approximate surface area is 145 Å². The number of halogens is 4. The topological polar surface area (TPSA) is 80.3 Å². The van der Waals surface area contributed by atoms with Gasteiger partial charge in [0.25, 0.3) is 0 Å². The lowest BCUT2D eigenvalue weighted by Crippen LogP contribution is -2.45. The second-order valence-electron chi connectivity index (χ2n) is 6.63. The highest BCUT2D eigenvalue weighted by molar-refractivity contribution is 8.05. The third-order valence-corrected chi connectivity index (χ3v) is 9.48. The van der Waals surface area contributed by atoms with Crippen LogP contribution in [0.15, 0.2) is 11.9 Å². The van der Waals surface area contributed by atoms with Gasteiger partial charge in [-0.05, 0) is 51.4 Å². The van der Waals surface area contributed by atoms with Crippen molar-refractivity contribution in [1.29, 1.82) is 0 Å². The average molecular weight is 407 g/mol. The van der Waals surface area contributed by atoms with Crippen LogP contribution in [0, 0.1) is 5.92 Å². The zero-order chi connectivity index (χ0) is 18.8. The molecule has 0 saturated heterocycles. The van der Waals surface area contributed by atoms with E-state index in [0.717, 1.165) is 0 Å². The molecule has 0 amide bonds. The fourth-order valence-corrected chi connectivity index (χ4v) is 7.58. The summed E-state index contributed by atoms with van der Waals surface area (Å²) in [6.45, 7) is 0. The van der Waals surface area contributed by atoms with E-state index in [1.807, 2.05) is 0 Å². The summed E-state index contributed by atoms with van der Waals surface area (Å²) in [6.07, 6.45) is -3.65. The highest BCUT2D eigenvalue weighted by atomic mass is 32.3. The van der Waals surface area contributed by atoms with Crippen molar-refractivity contribution in [3.05, 3.63) is 11.9 Å². The fourth-order valence-electron chi connectivity index (χ4n) is 3.41. The first-order chi connectivity index (χ1) is 11.5. The van der Waals surface area contributed by atoms with Crippen LogP contribution < -0.4 is 4.13 Å². The second-order valence-corrected chi connectivity index (χ2v) is 10.8. The molecule has 2 aliphatic carbocycles. The Morgan fingerprint density at radius 1 is 0.720 bits per heavy atom. The van der Waals surface area contributed by atoms with Crippen LogP contribution in [0.1, 0.15) is 51.4 Å². The van der Waals surface area contributed by atoms with Crippen LogP contribution in [0.5, 0.6) is 0 Å². The summed E-state index contributed by atoms with van der Waals surface area (Å²) < 4.78 is 102. The average Bonchev–Trinajstić information content (AvgIpc) is 2.53. The van der Waals surface area contributed by atoms with Crippen molar-refractivity contribution < 1.29 is 34.4 Å². The summed E-state index contributed by atoms with van der Waals surface area (Å²) in [5.74, 6) is -2.56. The van der Waals surface area contributed by atoms with Gasteiger partial charge in [0.05, 0.1) is 10.5 Å². The molecule has 0 heterocycles. The van der Waals surface area contributed by atoms with Crippen LogP contribution in [0.4, 0.5) is 17.6 Å². The molecule has 0 aromatic heterocycles. The van der Waals surface area contributed by atoms with Gasteiger partial charge in [0, 0.05) is 5.92 Å². The predicted molar refractivity (Wildman–Crippen MR) is 84.2 cm³/mol. The van der Waals surface area contributed by atoms with E-state index < -0.39 is 54.5 Å². The van der Waals surface area contributed by atoms with Crippen molar-refractivity contribution in [2.45, 2.75) is 68.0 Å². The molecule has 0 unspecified atom stereocenters. The third-order valence-electron chi connectivity index (χ3n) is 4.93. The second kappa shape index (κ2) is 7.91. The molecule has 5 nitrogen and oxygen atoms in total. The van der Waals surface area contributed by atoms with E-state index in [-0.39, 0.29) is 51.4 Å². The quantitative estimate of drug-likeness (QED) is 0.710. The Kier molecular flexibility index (Phi) is 6.53. The number of nitrogens with one attached hydrogen (secondary N) is 1. The lowest BCUT2D eigenvalue weighted by atomic mass is 9.88. The fraction of sp³-hybridized carbons (Fsp3) is 0.857. The van der Waals surface area contributed by atoms with Crippen molar-refractivity contribution in [3.63, 3.8) is 0 Å². The molecule has 0 spiro atoms. The molecule has 2 saturated carbocycles. The minimum absolute atomic E-state index is 0.0462. The lowest BCUT2D eigenvalue weighted by molar-refractivity contribution is 0.252. The van der Waals surface area contributed by atoms with Crippen LogP contribution in [-0.4, -0.2) is 33.5 Å². The zero-order valence-corrected chi connectivity index (χ0v) is 15.1. The SMILES string of the molecule is O=S(=O)(NS(=O)(=O)C1CCC(C(F)=C(F)F)CC1)C1CCC(F)CC1. The normalized spacial score (nSPS) is 31.5. The molecule has 146 valence electrons. The molecule has 0 aliphatic heterocycles. The van der Waals surface area contributed by atoms with Gasteiger partial charge in [-0.3, -0.25) is 0 Å². The standard InChI is InChI=1S/C14H21F4NO4S2/c15-10-3-7-12(8-4-10)25(22,23)19-24(20,21)11-5-1-9(2-6-11)13(16)14(17)18/h9-12,19H,1-8H2. The third kappa shape index (κ3) is 5.16. The Morgan fingerprint density at radius 3 is 1.52 bits per heavy atom. The lowest BCUT2D eigenvalue weighted by Gasteiger charge is -2.29. The highest BCUT2D eigenvalue weighted by Crippen LogP contribution is 2.35. The Hall–Kier alpha value is -0.680. The summed E-state index contributed by atoms with van der Waals surface area (Å²) in [6, 6.07) is 0. The molecular weight excluding hydrogens is 386 g/mol. The molecule has 2 rings (SSSR count). The Morgan fingerprint density at radius 2 is 1.12 bits per heavy atom. The molecule has 1 N–H and O–H groups in total. The molecule has 25 heavy (non-hydrogen) atoms. The van der Waals surface area contributed by atoms with Crippen molar-refractivity contribution in [1.82, 2.24) is 4.13 Å². The summed E-state index contributed by atoms with van der Waals surface area (Å²) in [7, 11) is -8.40.